The molecule has 0 atom stereocenters. The van der Waals surface area contributed by atoms with E-state index in [1.807, 2.05) is 26.0 Å². The van der Waals surface area contributed by atoms with E-state index in [4.69, 9.17) is 9.84 Å². The number of aliphatic hydroxyl groups is 1. The minimum Gasteiger partial charge on any atom is -0.484 e. The lowest BCUT2D eigenvalue weighted by atomic mass is 9.89. The van der Waals surface area contributed by atoms with Gasteiger partial charge < -0.3 is 15.2 Å². The van der Waals surface area contributed by atoms with Crippen LogP contribution in [0.3, 0.4) is 0 Å². The third kappa shape index (κ3) is 6.91. The van der Waals surface area contributed by atoms with Crippen molar-refractivity contribution < 1.29 is 14.6 Å². The van der Waals surface area contributed by atoms with Gasteiger partial charge in [-0.15, -0.1) is 0 Å². The smallest absolute Gasteiger partial charge is 0.257 e. The second-order valence-electron chi connectivity index (χ2n) is 5.52. The molecule has 0 spiro atoms. The van der Waals surface area contributed by atoms with Crippen molar-refractivity contribution in [1.29, 1.82) is 0 Å². The van der Waals surface area contributed by atoms with Crippen molar-refractivity contribution in [2.45, 2.75) is 26.7 Å². The fourth-order valence-electron chi connectivity index (χ4n) is 1.60. The zero-order valence-electron chi connectivity index (χ0n) is 12.0. The molecule has 1 rings (SSSR count). The topological polar surface area (TPSA) is 58.6 Å². The van der Waals surface area contributed by atoms with Gasteiger partial charge in [0.25, 0.3) is 5.91 Å². The Morgan fingerprint density at radius 3 is 2.60 bits per heavy atom. The van der Waals surface area contributed by atoms with Gasteiger partial charge in [-0.25, -0.2) is 0 Å². The first-order valence-electron chi connectivity index (χ1n) is 6.69. The van der Waals surface area contributed by atoms with Gasteiger partial charge in [0.15, 0.2) is 6.61 Å². The van der Waals surface area contributed by atoms with Crippen LogP contribution in [0.4, 0.5) is 0 Å². The molecule has 4 nitrogen and oxygen atoms in total. The standard InChI is InChI=1S/C15H22BrNO3/c1-15(2,11-18)8-3-9-17-14(19)10-20-13-6-4-12(16)5-7-13/h4-7,18H,3,8-11H2,1-2H3,(H,17,19). The Morgan fingerprint density at radius 2 is 2.00 bits per heavy atom. The summed E-state index contributed by atoms with van der Waals surface area (Å²) in [5.74, 6) is 0.541. The van der Waals surface area contributed by atoms with Crippen LogP contribution in [0.5, 0.6) is 5.75 Å². The summed E-state index contributed by atoms with van der Waals surface area (Å²) in [4.78, 5) is 11.6. The molecule has 1 amide bonds. The maximum Gasteiger partial charge on any atom is 0.257 e. The van der Waals surface area contributed by atoms with Gasteiger partial charge in [-0.2, -0.15) is 0 Å². The van der Waals surface area contributed by atoms with Crippen LogP contribution < -0.4 is 10.1 Å². The van der Waals surface area contributed by atoms with Gasteiger partial charge in [0.2, 0.25) is 0 Å². The van der Waals surface area contributed by atoms with E-state index in [-0.39, 0.29) is 24.5 Å². The SMILES string of the molecule is CC(C)(CO)CCCNC(=O)COc1ccc(Br)cc1. The van der Waals surface area contributed by atoms with Gasteiger partial charge in [-0.1, -0.05) is 29.8 Å². The Hall–Kier alpha value is -1.07. The van der Waals surface area contributed by atoms with Crippen LogP contribution >= 0.6 is 15.9 Å². The summed E-state index contributed by atoms with van der Waals surface area (Å²) in [5.41, 5.74) is -0.0847. The van der Waals surface area contributed by atoms with Gasteiger partial charge in [-0.3, -0.25) is 4.79 Å². The van der Waals surface area contributed by atoms with Crippen LogP contribution in [0.1, 0.15) is 26.7 Å². The van der Waals surface area contributed by atoms with Gasteiger partial charge in [0.05, 0.1) is 0 Å². The summed E-state index contributed by atoms with van der Waals surface area (Å²) in [7, 11) is 0. The number of hydrogen-bond acceptors (Lipinski definition) is 3. The van der Waals surface area contributed by atoms with Crippen molar-refractivity contribution in [3.05, 3.63) is 28.7 Å². The minimum absolute atomic E-state index is 0.0189. The second-order valence-corrected chi connectivity index (χ2v) is 6.43. The van der Waals surface area contributed by atoms with E-state index in [1.54, 1.807) is 12.1 Å². The first-order chi connectivity index (χ1) is 9.43. The Kier molecular flexibility index (Phi) is 7.02. The molecule has 0 heterocycles. The average Bonchev–Trinajstić information content (AvgIpc) is 2.43. The van der Waals surface area contributed by atoms with Gasteiger partial charge in [0.1, 0.15) is 5.75 Å². The van der Waals surface area contributed by atoms with Crippen molar-refractivity contribution in [2.24, 2.45) is 5.41 Å². The van der Waals surface area contributed by atoms with Crippen molar-refractivity contribution in [3.8, 4) is 5.75 Å². The van der Waals surface area contributed by atoms with E-state index in [1.165, 1.54) is 0 Å². The molecule has 5 heteroatoms. The zero-order valence-corrected chi connectivity index (χ0v) is 13.6. The third-order valence-corrected chi connectivity index (χ3v) is 3.49. The predicted octanol–water partition coefficient (Wildman–Crippen LogP) is 2.74. The van der Waals surface area contributed by atoms with Crippen molar-refractivity contribution in [3.63, 3.8) is 0 Å². The lowest BCUT2D eigenvalue weighted by molar-refractivity contribution is -0.123. The molecule has 0 bridgehead atoms. The zero-order chi connectivity index (χ0) is 15.0. The molecule has 20 heavy (non-hydrogen) atoms. The largest absolute Gasteiger partial charge is 0.484 e. The van der Waals surface area contributed by atoms with E-state index in [2.05, 4.69) is 21.2 Å². The second kappa shape index (κ2) is 8.27. The molecule has 0 saturated carbocycles. The Labute approximate surface area is 128 Å². The number of nitrogens with one attached hydrogen (secondary N) is 1. The molecule has 1 aromatic carbocycles. The van der Waals surface area contributed by atoms with E-state index < -0.39 is 0 Å². The molecule has 112 valence electrons. The first-order valence-corrected chi connectivity index (χ1v) is 7.48. The number of halogens is 1. The molecular formula is C15H22BrNO3. The molecule has 0 aliphatic heterocycles. The lowest BCUT2D eigenvalue weighted by Gasteiger charge is -2.21. The van der Waals surface area contributed by atoms with Crippen molar-refractivity contribution in [1.82, 2.24) is 5.32 Å². The maximum atomic E-state index is 11.6. The molecule has 1 aromatic rings. The molecular weight excluding hydrogens is 322 g/mol. The minimum atomic E-state index is -0.130. The highest BCUT2D eigenvalue weighted by atomic mass is 79.9. The van der Waals surface area contributed by atoms with E-state index >= 15 is 0 Å². The van der Waals surface area contributed by atoms with E-state index in [0.717, 1.165) is 17.3 Å². The quantitative estimate of drug-likeness (QED) is 0.713. The van der Waals surface area contributed by atoms with Gasteiger partial charge in [0, 0.05) is 17.6 Å². The molecule has 0 unspecified atom stereocenters. The lowest BCUT2D eigenvalue weighted by Crippen LogP contribution is -2.30. The molecule has 0 aliphatic carbocycles. The number of ether oxygens (including phenoxy) is 1. The van der Waals surface area contributed by atoms with Gasteiger partial charge in [-0.05, 0) is 42.5 Å². The van der Waals surface area contributed by atoms with Crippen LogP contribution in [0.15, 0.2) is 28.7 Å². The molecule has 2 N–H and O–H groups in total. The highest BCUT2D eigenvalue weighted by Gasteiger charge is 2.15. The monoisotopic (exact) mass is 343 g/mol. The number of benzene rings is 1. The summed E-state index contributed by atoms with van der Waals surface area (Å²) in [5, 5.41) is 11.9. The van der Waals surface area contributed by atoms with Crippen molar-refractivity contribution in [2.75, 3.05) is 19.8 Å². The van der Waals surface area contributed by atoms with Crippen LogP contribution in [-0.4, -0.2) is 30.8 Å². The van der Waals surface area contributed by atoms with Gasteiger partial charge >= 0.3 is 0 Å². The summed E-state index contributed by atoms with van der Waals surface area (Å²) in [6, 6.07) is 7.34. The fraction of sp³-hybridized carbons (Fsp3) is 0.533. The highest BCUT2D eigenvalue weighted by molar-refractivity contribution is 9.10. The summed E-state index contributed by atoms with van der Waals surface area (Å²) in [6.07, 6.45) is 1.72. The highest BCUT2D eigenvalue weighted by Crippen LogP contribution is 2.20. The number of aliphatic hydroxyl groups excluding tert-OH is 1. The number of carbonyl (C=O) groups is 1. The summed E-state index contributed by atoms with van der Waals surface area (Å²) >= 11 is 3.34. The molecule has 0 fully saturated rings. The first kappa shape index (κ1) is 17.0. The average molecular weight is 344 g/mol. The Balaban J connectivity index is 2.16. The normalized spacial score (nSPS) is 11.2. The number of rotatable bonds is 8. The third-order valence-electron chi connectivity index (χ3n) is 2.96. The summed E-state index contributed by atoms with van der Waals surface area (Å²) in [6.45, 7) is 4.79. The fourth-order valence-corrected chi connectivity index (χ4v) is 1.87. The molecule has 0 aromatic heterocycles. The van der Waals surface area contributed by atoms with Crippen molar-refractivity contribution >= 4 is 21.8 Å². The molecule has 0 saturated heterocycles. The molecule has 0 radical (unpaired) electrons. The maximum absolute atomic E-state index is 11.6. The van der Waals surface area contributed by atoms with Crippen LogP contribution in [0.2, 0.25) is 0 Å². The number of hydrogen-bond donors (Lipinski definition) is 2. The summed E-state index contributed by atoms with van der Waals surface area (Å²) < 4.78 is 6.34. The van der Waals surface area contributed by atoms with E-state index in [0.29, 0.717) is 12.3 Å². The molecule has 0 aliphatic rings. The van der Waals surface area contributed by atoms with Crippen LogP contribution in [0, 0.1) is 5.41 Å². The number of carbonyl (C=O) groups excluding carboxylic acids is 1. The Morgan fingerprint density at radius 1 is 1.35 bits per heavy atom. The predicted molar refractivity (Wildman–Crippen MR) is 82.7 cm³/mol. The number of amides is 1. The van der Waals surface area contributed by atoms with Crippen LogP contribution in [-0.2, 0) is 4.79 Å². The Bertz CT molecular complexity index is 418. The van der Waals surface area contributed by atoms with E-state index in [9.17, 15) is 4.79 Å². The van der Waals surface area contributed by atoms with Crippen LogP contribution in [0.25, 0.3) is 0 Å².